The Bertz CT molecular complexity index is 288. The average Bonchev–Trinajstić information content (AvgIpc) is 2.02. The van der Waals surface area contributed by atoms with Crippen molar-refractivity contribution in [3.8, 4) is 5.75 Å². The molecule has 0 aromatic heterocycles. The molecule has 2 heteroatoms. The molecule has 0 saturated heterocycles. The minimum Gasteiger partial charge on any atom is -0.508 e. The number of hydrogen-bond acceptors (Lipinski definition) is 2. The lowest BCUT2D eigenvalue weighted by atomic mass is 9.83. The van der Waals surface area contributed by atoms with Crippen molar-refractivity contribution in [2.24, 2.45) is 11.1 Å². The van der Waals surface area contributed by atoms with E-state index in [-0.39, 0.29) is 17.2 Å². The van der Waals surface area contributed by atoms with Crippen LogP contribution in [0.3, 0.4) is 0 Å². The largest absolute Gasteiger partial charge is 0.508 e. The molecule has 72 valence electrons. The van der Waals surface area contributed by atoms with E-state index in [0.717, 1.165) is 5.56 Å². The van der Waals surface area contributed by atoms with Gasteiger partial charge in [0.2, 0.25) is 0 Å². The Balaban J connectivity index is 3.02. The number of hydrogen-bond donors (Lipinski definition) is 2. The SMILES string of the molecule is CC(C)(C)[C@@H](N)c1ccccc1O. The molecule has 0 spiro atoms. The van der Waals surface area contributed by atoms with Crippen molar-refractivity contribution in [3.05, 3.63) is 29.8 Å². The third-order valence-electron chi connectivity index (χ3n) is 2.20. The van der Waals surface area contributed by atoms with Crippen LogP contribution < -0.4 is 5.73 Å². The number of para-hydroxylation sites is 1. The molecule has 1 aromatic rings. The van der Waals surface area contributed by atoms with Crippen LogP contribution in [0.1, 0.15) is 32.4 Å². The quantitative estimate of drug-likeness (QED) is 0.695. The summed E-state index contributed by atoms with van der Waals surface area (Å²) in [5.74, 6) is 0.282. The van der Waals surface area contributed by atoms with Crippen molar-refractivity contribution >= 4 is 0 Å². The lowest BCUT2D eigenvalue weighted by Crippen LogP contribution is -2.26. The molecule has 2 nitrogen and oxygen atoms in total. The minimum absolute atomic E-state index is 0.0289. The van der Waals surface area contributed by atoms with Gasteiger partial charge in [-0.25, -0.2) is 0 Å². The van der Waals surface area contributed by atoms with Crippen LogP contribution in [0.4, 0.5) is 0 Å². The number of rotatable bonds is 1. The number of nitrogens with two attached hydrogens (primary N) is 1. The van der Waals surface area contributed by atoms with E-state index in [2.05, 4.69) is 20.8 Å². The maximum Gasteiger partial charge on any atom is 0.120 e. The molecule has 0 amide bonds. The van der Waals surface area contributed by atoms with Gasteiger partial charge in [-0.1, -0.05) is 39.0 Å². The second-order valence-electron chi connectivity index (χ2n) is 4.40. The Morgan fingerprint density at radius 3 is 2.23 bits per heavy atom. The molecule has 0 heterocycles. The van der Waals surface area contributed by atoms with Crippen molar-refractivity contribution in [3.63, 3.8) is 0 Å². The van der Waals surface area contributed by atoms with Crippen LogP contribution >= 0.6 is 0 Å². The van der Waals surface area contributed by atoms with E-state index in [9.17, 15) is 5.11 Å². The summed E-state index contributed by atoms with van der Waals surface area (Å²) in [4.78, 5) is 0. The molecule has 0 saturated carbocycles. The Kier molecular flexibility index (Phi) is 2.62. The van der Waals surface area contributed by atoms with Crippen LogP contribution in [0.2, 0.25) is 0 Å². The van der Waals surface area contributed by atoms with E-state index < -0.39 is 0 Å². The lowest BCUT2D eigenvalue weighted by molar-refractivity contribution is 0.317. The first-order chi connectivity index (χ1) is 5.93. The molecule has 13 heavy (non-hydrogen) atoms. The van der Waals surface area contributed by atoms with Gasteiger partial charge in [0.15, 0.2) is 0 Å². The fourth-order valence-corrected chi connectivity index (χ4v) is 1.22. The lowest BCUT2D eigenvalue weighted by Gasteiger charge is -2.27. The van der Waals surface area contributed by atoms with Gasteiger partial charge in [0.05, 0.1) is 0 Å². The third-order valence-corrected chi connectivity index (χ3v) is 2.20. The van der Waals surface area contributed by atoms with Crippen LogP contribution in [0.5, 0.6) is 5.75 Å². The second kappa shape index (κ2) is 3.38. The van der Waals surface area contributed by atoms with E-state index in [1.165, 1.54) is 0 Å². The van der Waals surface area contributed by atoms with Gasteiger partial charge in [-0.05, 0) is 11.5 Å². The van der Waals surface area contributed by atoms with E-state index in [0.29, 0.717) is 0 Å². The van der Waals surface area contributed by atoms with Crippen molar-refractivity contribution in [1.82, 2.24) is 0 Å². The first-order valence-corrected chi connectivity index (χ1v) is 4.46. The number of benzene rings is 1. The summed E-state index contributed by atoms with van der Waals surface area (Å²) < 4.78 is 0. The number of aromatic hydroxyl groups is 1. The second-order valence-corrected chi connectivity index (χ2v) is 4.40. The van der Waals surface area contributed by atoms with Crippen LogP contribution in [0.25, 0.3) is 0 Å². The Hall–Kier alpha value is -1.02. The summed E-state index contributed by atoms with van der Waals surface area (Å²) in [6.45, 7) is 6.18. The Morgan fingerprint density at radius 1 is 1.23 bits per heavy atom. The van der Waals surface area contributed by atoms with Crippen molar-refractivity contribution in [2.45, 2.75) is 26.8 Å². The Labute approximate surface area is 79.4 Å². The van der Waals surface area contributed by atoms with Gasteiger partial charge < -0.3 is 10.8 Å². The number of phenolic OH excluding ortho intramolecular Hbond substituents is 1. The van der Waals surface area contributed by atoms with Crippen LogP contribution in [-0.2, 0) is 0 Å². The van der Waals surface area contributed by atoms with Gasteiger partial charge in [0.1, 0.15) is 5.75 Å². The molecule has 0 unspecified atom stereocenters. The first-order valence-electron chi connectivity index (χ1n) is 4.46. The van der Waals surface area contributed by atoms with Gasteiger partial charge in [-0.2, -0.15) is 0 Å². The van der Waals surface area contributed by atoms with Crippen LogP contribution in [0, 0.1) is 5.41 Å². The maximum absolute atomic E-state index is 9.56. The molecule has 1 rings (SSSR count). The molecular formula is C11H17NO. The molecule has 0 aliphatic carbocycles. The minimum atomic E-state index is -0.131. The normalized spacial score (nSPS) is 14.2. The summed E-state index contributed by atoms with van der Waals surface area (Å²) in [6.07, 6.45) is 0. The van der Waals surface area contributed by atoms with Gasteiger partial charge in [0, 0.05) is 11.6 Å². The summed E-state index contributed by atoms with van der Waals surface area (Å²) in [5.41, 5.74) is 6.80. The van der Waals surface area contributed by atoms with Crippen molar-refractivity contribution < 1.29 is 5.11 Å². The highest BCUT2D eigenvalue weighted by atomic mass is 16.3. The fourth-order valence-electron chi connectivity index (χ4n) is 1.22. The zero-order valence-corrected chi connectivity index (χ0v) is 8.41. The van der Waals surface area contributed by atoms with Gasteiger partial charge in [-0.3, -0.25) is 0 Å². The molecule has 0 aliphatic heterocycles. The third kappa shape index (κ3) is 2.22. The highest BCUT2D eigenvalue weighted by Gasteiger charge is 2.23. The van der Waals surface area contributed by atoms with E-state index >= 15 is 0 Å². The van der Waals surface area contributed by atoms with E-state index in [1.807, 2.05) is 12.1 Å². The average molecular weight is 179 g/mol. The zero-order chi connectivity index (χ0) is 10.1. The molecule has 3 N–H and O–H groups in total. The zero-order valence-electron chi connectivity index (χ0n) is 8.41. The van der Waals surface area contributed by atoms with Crippen LogP contribution in [0.15, 0.2) is 24.3 Å². The smallest absolute Gasteiger partial charge is 0.120 e. The Morgan fingerprint density at radius 2 is 1.77 bits per heavy atom. The van der Waals surface area contributed by atoms with Crippen LogP contribution in [-0.4, -0.2) is 5.11 Å². The predicted octanol–water partition coefficient (Wildman–Crippen LogP) is 2.44. The molecular weight excluding hydrogens is 162 g/mol. The van der Waals surface area contributed by atoms with E-state index in [4.69, 9.17) is 5.73 Å². The first kappa shape index (κ1) is 10.1. The summed E-state index contributed by atoms with van der Waals surface area (Å²) in [6, 6.07) is 7.09. The highest BCUT2D eigenvalue weighted by Crippen LogP contribution is 2.34. The standard InChI is InChI=1S/C11H17NO/c1-11(2,3)10(12)8-6-4-5-7-9(8)13/h4-7,10,13H,12H2,1-3H3/t10-/m0/s1. The topological polar surface area (TPSA) is 46.2 Å². The molecule has 1 atom stereocenters. The van der Waals surface area contributed by atoms with Gasteiger partial charge in [0.25, 0.3) is 0 Å². The summed E-state index contributed by atoms with van der Waals surface area (Å²) in [7, 11) is 0. The molecule has 1 aromatic carbocycles. The highest BCUT2D eigenvalue weighted by molar-refractivity contribution is 5.35. The maximum atomic E-state index is 9.56. The summed E-state index contributed by atoms with van der Waals surface area (Å²) >= 11 is 0. The predicted molar refractivity (Wildman–Crippen MR) is 54.5 cm³/mol. The molecule has 0 radical (unpaired) electrons. The van der Waals surface area contributed by atoms with E-state index in [1.54, 1.807) is 12.1 Å². The number of phenols is 1. The van der Waals surface area contributed by atoms with Gasteiger partial charge >= 0.3 is 0 Å². The van der Waals surface area contributed by atoms with Crippen molar-refractivity contribution in [1.29, 1.82) is 0 Å². The molecule has 0 aliphatic rings. The monoisotopic (exact) mass is 179 g/mol. The molecule has 0 bridgehead atoms. The van der Waals surface area contributed by atoms with Gasteiger partial charge in [-0.15, -0.1) is 0 Å². The van der Waals surface area contributed by atoms with Crippen molar-refractivity contribution in [2.75, 3.05) is 0 Å². The molecule has 0 fully saturated rings. The summed E-state index contributed by atoms with van der Waals surface area (Å²) in [5, 5.41) is 9.56. The fraction of sp³-hybridized carbons (Fsp3) is 0.455.